The smallest absolute Gasteiger partial charge is 0.261 e. The highest BCUT2D eigenvalue weighted by molar-refractivity contribution is 7.92. The molecule has 1 N–H and O–H groups in total. The number of hydrogen-bond acceptors (Lipinski definition) is 6. The average molecular weight is 393 g/mol. The van der Waals surface area contributed by atoms with Crippen molar-refractivity contribution < 1.29 is 13.2 Å². The lowest BCUT2D eigenvalue weighted by molar-refractivity contribution is 0.454. The van der Waals surface area contributed by atoms with Gasteiger partial charge in [-0.3, -0.25) is 4.72 Å². The van der Waals surface area contributed by atoms with Crippen LogP contribution in [0.5, 0.6) is 11.6 Å². The molecule has 0 spiro atoms. The second-order valence-electron chi connectivity index (χ2n) is 5.73. The molecule has 2 aromatic carbocycles. The van der Waals surface area contributed by atoms with Gasteiger partial charge in [0.2, 0.25) is 5.88 Å². The Hall–Kier alpha value is -3.72. The SMILES string of the molecule is O=S(=O)(Nc1ccc(Oc2ccc(-n3cccn3)nn2)cc1)c1ccccc1. The molecule has 4 rings (SSSR count). The summed E-state index contributed by atoms with van der Waals surface area (Å²) in [7, 11) is -3.63. The molecule has 0 aliphatic carbocycles. The van der Waals surface area contributed by atoms with Gasteiger partial charge in [-0.1, -0.05) is 18.2 Å². The molecule has 4 aromatic rings. The van der Waals surface area contributed by atoms with Gasteiger partial charge in [-0.25, -0.2) is 13.1 Å². The molecular formula is C19H15N5O3S. The first kappa shape index (κ1) is 17.7. The molecule has 2 heterocycles. The second kappa shape index (κ2) is 7.49. The van der Waals surface area contributed by atoms with Gasteiger partial charge in [0, 0.05) is 24.1 Å². The molecule has 0 saturated carbocycles. The largest absolute Gasteiger partial charge is 0.438 e. The van der Waals surface area contributed by atoms with E-state index in [1.807, 2.05) is 0 Å². The van der Waals surface area contributed by atoms with Crippen LogP contribution < -0.4 is 9.46 Å². The fourth-order valence-corrected chi connectivity index (χ4v) is 3.50. The van der Waals surface area contributed by atoms with Gasteiger partial charge in [-0.15, -0.1) is 10.2 Å². The summed E-state index contributed by atoms with van der Waals surface area (Å²) in [5.41, 5.74) is 0.427. The standard InChI is InChI=1S/C19H15N5O3S/c25-28(26,17-5-2-1-3-6-17)23-15-7-9-16(10-8-15)27-19-12-11-18(21-22-19)24-14-4-13-20-24/h1-14,23H. The number of nitrogens with one attached hydrogen (secondary N) is 1. The molecule has 140 valence electrons. The van der Waals surface area contributed by atoms with Crippen LogP contribution in [0, 0.1) is 0 Å². The molecular weight excluding hydrogens is 378 g/mol. The van der Waals surface area contributed by atoms with Crippen LogP contribution in [0.15, 0.2) is 90.1 Å². The first-order valence-electron chi connectivity index (χ1n) is 8.30. The maximum atomic E-state index is 12.3. The zero-order valence-electron chi connectivity index (χ0n) is 14.5. The van der Waals surface area contributed by atoms with Crippen molar-refractivity contribution in [2.24, 2.45) is 0 Å². The van der Waals surface area contributed by atoms with Gasteiger partial charge in [0.05, 0.1) is 4.90 Å². The minimum Gasteiger partial charge on any atom is -0.438 e. The van der Waals surface area contributed by atoms with E-state index in [2.05, 4.69) is 20.0 Å². The van der Waals surface area contributed by atoms with Crippen molar-refractivity contribution in [2.75, 3.05) is 4.72 Å². The molecule has 0 fully saturated rings. The van der Waals surface area contributed by atoms with E-state index in [1.165, 1.54) is 12.1 Å². The van der Waals surface area contributed by atoms with Crippen LogP contribution >= 0.6 is 0 Å². The first-order valence-corrected chi connectivity index (χ1v) is 9.78. The van der Waals surface area contributed by atoms with Gasteiger partial charge in [0.15, 0.2) is 5.82 Å². The highest BCUT2D eigenvalue weighted by Crippen LogP contribution is 2.23. The number of anilines is 1. The van der Waals surface area contributed by atoms with Gasteiger partial charge in [-0.2, -0.15) is 5.10 Å². The van der Waals surface area contributed by atoms with E-state index in [9.17, 15) is 8.42 Å². The lowest BCUT2D eigenvalue weighted by Gasteiger charge is -2.09. The summed E-state index contributed by atoms with van der Waals surface area (Å²) in [5.74, 6) is 1.39. The van der Waals surface area contributed by atoms with Crippen molar-refractivity contribution in [3.05, 3.63) is 85.2 Å². The van der Waals surface area contributed by atoms with Crippen LogP contribution in [-0.2, 0) is 10.0 Å². The van der Waals surface area contributed by atoms with Crippen LogP contribution in [0.1, 0.15) is 0 Å². The molecule has 2 aromatic heterocycles. The van der Waals surface area contributed by atoms with Crippen LogP contribution in [0.3, 0.4) is 0 Å². The summed E-state index contributed by atoms with van der Waals surface area (Å²) in [6.45, 7) is 0. The summed E-state index contributed by atoms with van der Waals surface area (Å²) in [5, 5.41) is 12.1. The number of ether oxygens (including phenoxy) is 1. The molecule has 0 aliphatic heterocycles. The Kier molecular flexibility index (Phi) is 4.73. The van der Waals surface area contributed by atoms with E-state index >= 15 is 0 Å². The third-order valence-electron chi connectivity index (χ3n) is 3.75. The molecule has 0 saturated heterocycles. The molecule has 9 heteroatoms. The third-order valence-corrected chi connectivity index (χ3v) is 5.14. The van der Waals surface area contributed by atoms with E-state index in [0.717, 1.165) is 0 Å². The number of nitrogens with zero attached hydrogens (tertiary/aromatic N) is 4. The Labute approximate surface area is 161 Å². The van der Waals surface area contributed by atoms with E-state index in [4.69, 9.17) is 4.74 Å². The first-order chi connectivity index (χ1) is 13.6. The highest BCUT2D eigenvalue weighted by Gasteiger charge is 2.13. The molecule has 0 aliphatic rings. The third kappa shape index (κ3) is 3.99. The fourth-order valence-electron chi connectivity index (χ4n) is 2.42. The molecule has 0 unspecified atom stereocenters. The summed E-state index contributed by atoms with van der Waals surface area (Å²) < 4.78 is 34.4. The van der Waals surface area contributed by atoms with E-state index in [0.29, 0.717) is 23.1 Å². The molecule has 8 nitrogen and oxygen atoms in total. The summed E-state index contributed by atoms with van der Waals surface area (Å²) in [6, 6.07) is 19.9. The number of rotatable bonds is 6. The summed E-state index contributed by atoms with van der Waals surface area (Å²) in [6.07, 6.45) is 3.42. The van der Waals surface area contributed by atoms with Crippen molar-refractivity contribution >= 4 is 15.7 Å². The summed E-state index contributed by atoms with van der Waals surface area (Å²) in [4.78, 5) is 0.197. The van der Waals surface area contributed by atoms with Crippen molar-refractivity contribution in [3.63, 3.8) is 0 Å². The van der Waals surface area contributed by atoms with Crippen molar-refractivity contribution in [1.82, 2.24) is 20.0 Å². The number of benzene rings is 2. The maximum Gasteiger partial charge on any atom is 0.261 e. The Morgan fingerprint density at radius 2 is 1.64 bits per heavy atom. The molecule has 0 atom stereocenters. The van der Waals surface area contributed by atoms with E-state index < -0.39 is 10.0 Å². The van der Waals surface area contributed by atoms with Gasteiger partial charge in [0.1, 0.15) is 5.75 Å². The zero-order valence-corrected chi connectivity index (χ0v) is 15.3. The van der Waals surface area contributed by atoms with E-state index in [1.54, 1.807) is 77.7 Å². The monoisotopic (exact) mass is 393 g/mol. The van der Waals surface area contributed by atoms with Gasteiger partial charge >= 0.3 is 0 Å². The average Bonchev–Trinajstić information content (AvgIpc) is 3.25. The number of hydrogen-bond donors (Lipinski definition) is 1. The maximum absolute atomic E-state index is 12.3. The Morgan fingerprint density at radius 3 is 2.29 bits per heavy atom. The minimum atomic E-state index is -3.63. The van der Waals surface area contributed by atoms with Gasteiger partial charge in [-0.05, 0) is 48.5 Å². The normalized spacial score (nSPS) is 11.1. The van der Waals surface area contributed by atoms with Crippen molar-refractivity contribution in [1.29, 1.82) is 0 Å². The molecule has 0 amide bonds. The number of aromatic nitrogens is 4. The van der Waals surface area contributed by atoms with Crippen LogP contribution in [0.2, 0.25) is 0 Å². The van der Waals surface area contributed by atoms with Crippen molar-refractivity contribution in [2.45, 2.75) is 4.90 Å². The van der Waals surface area contributed by atoms with Crippen LogP contribution in [0.4, 0.5) is 5.69 Å². The second-order valence-corrected chi connectivity index (χ2v) is 7.41. The zero-order chi connectivity index (χ0) is 19.4. The van der Waals surface area contributed by atoms with Crippen molar-refractivity contribution in [3.8, 4) is 17.4 Å². The van der Waals surface area contributed by atoms with Gasteiger partial charge < -0.3 is 4.74 Å². The quantitative estimate of drug-likeness (QED) is 0.540. The van der Waals surface area contributed by atoms with E-state index in [-0.39, 0.29) is 4.90 Å². The summed E-state index contributed by atoms with van der Waals surface area (Å²) >= 11 is 0. The lowest BCUT2D eigenvalue weighted by Crippen LogP contribution is -2.12. The minimum absolute atomic E-state index is 0.197. The number of sulfonamides is 1. The Morgan fingerprint density at radius 1 is 0.857 bits per heavy atom. The topological polar surface area (TPSA) is 99.0 Å². The van der Waals surface area contributed by atoms with Gasteiger partial charge in [0.25, 0.3) is 10.0 Å². The Bertz CT molecular complexity index is 1140. The van der Waals surface area contributed by atoms with Crippen LogP contribution in [0.25, 0.3) is 5.82 Å². The predicted molar refractivity (Wildman–Crippen MR) is 103 cm³/mol. The highest BCUT2D eigenvalue weighted by atomic mass is 32.2. The lowest BCUT2D eigenvalue weighted by atomic mass is 10.3. The fraction of sp³-hybridized carbons (Fsp3) is 0. The predicted octanol–water partition coefficient (Wildman–Crippen LogP) is 3.26. The van der Waals surface area contributed by atoms with Crippen LogP contribution in [-0.4, -0.2) is 28.4 Å². The molecule has 0 radical (unpaired) electrons. The molecule has 28 heavy (non-hydrogen) atoms. The molecule has 0 bridgehead atoms. The Balaban J connectivity index is 1.43.